The predicted molar refractivity (Wildman–Crippen MR) is 124 cm³/mol. The van der Waals surface area contributed by atoms with Crippen LogP contribution in [-0.4, -0.2) is 5.97 Å². The first-order chi connectivity index (χ1) is 16.3. The summed E-state index contributed by atoms with van der Waals surface area (Å²) in [5, 5.41) is 0. The van der Waals surface area contributed by atoms with Gasteiger partial charge in [-0.3, -0.25) is 4.79 Å². The number of alkyl halides is 3. The minimum Gasteiger partial charge on any atom is -0.423 e. The molecule has 3 aliphatic carbocycles. The number of rotatable bonds is 6. The lowest BCUT2D eigenvalue weighted by Gasteiger charge is -2.46. The van der Waals surface area contributed by atoms with E-state index in [2.05, 4.69) is 6.92 Å². The van der Waals surface area contributed by atoms with E-state index in [0.717, 1.165) is 62.0 Å². The number of halogens is 4. The first kappa shape index (κ1) is 25.5. The summed E-state index contributed by atoms with van der Waals surface area (Å²) in [6.07, 6.45) is 10.9. The lowest BCUT2D eigenvalue weighted by molar-refractivity contribution is -0.144. The van der Waals surface area contributed by atoms with Crippen LogP contribution in [0.25, 0.3) is 0 Å². The predicted octanol–water partition coefficient (Wildman–Crippen LogP) is 8.58. The third-order valence-corrected chi connectivity index (χ3v) is 8.99. The Hall–Kier alpha value is -1.59. The molecule has 0 spiro atoms. The van der Waals surface area contributed by atoms with Crippen LogP contribution in [0.5, 0.6) is 5.75 Å². The second-order valence-electron chi connectivity index (χ2n) is 11.0. The number of hydrogen-bond acceptors (Lipinski definition) is 2. The smallest absolute Gasteiger partial charge is 0.416 e. The van der Waals surface area contributed by atoms with Crippen molar-refractivity contribution in [2.45, 2.75) is 96.6 Å². The molecule has 6 heteroatoms. The second kappa shape index (κ2) is 11.0. The van der Waals surface area contributed by atoms with Crippen molar-refractivity contribution in [2.24, 2.45) is 35.5 Å². The van der Waals surface area contributed by atoms with E-state index in [4.69, 9.17) is 4.74 Å². The third-order valence-electron chi connectivity index (χ3n) is 8.99. The van der Waals surface area contributed by atoms with E-state index in [1.54, 1.807) is 0 Å². The third kappa shape index (κ3) is 5.96. The van der Waals surface area contributed by atoms with Gasteiger partial charge in [-0.2, -0.15) is 13.2 Å². The fourth-order valence-electron chi connectivity index (χ4n) is 7.11. The molecule has 34 heavy (non-hydrogen) atoms. The van der Waals surface area contributed by atoms with Gasteiger partial charge >= 0.3 is 12.1 Å². The summed E-state index contributed by atoms with van der Waals surface area (Å²) < 4.78 is 57.9. The zero-order chi connectivity index (χ0) is 24.3. The molecule has 0 amide bonds. The Morgan fingerprint density at radius 1 is 0.971 bits per heavy atom. The Morgan fingerprint density at radius 3 is 2.38 bits per heavy atom. The van der Waals surface area contributed by atoms with Gasteiger partial charge in [-0.05, 0) is 86.3 Å². The van der Waals surface area contributed by atoms with Crippen LogP contribution >= 0.6 is 0 Å². The number of carbonyl (C=O) groups excluding carboxylic acids is 1. The number of fused-ring (bicyclic) bond motifs is 1. The van der Waals surface area contributed by atoms with Gasteiger partial charge in [0.25, 0.3) is 0 Å². The van der Waals surface area contributed by atoms with Crippen LogP contribution in [0, 0.1) is 41.3 Å². The van der Waals surface area contributed by atoms with Crippen molar-refractivity contribution >= 4 is 5.97 Å². The number of carbonyl (C=O) groups is 1. The first-order valence-corrected chi connectivity index (χ1v) is 13.3. The molecule has 1 aromatic rings. The number of esters is 1. The lowest BCUT2D eigenvalue weighted by atomic mass is 9.59. The molecule has 0 radical (unpaired) electrons. The average molecular weight is 483 g/mol. The molecule has 4 atom stereocenters. The summed E-state index contributed by atoms with van der Waals surface area (Å²) in [5.41, 5.74) is -1.08. The van der Waals surface area contributed by atoms with Crippen molar-refractivity contribution in [1.29, 1.82) is 0 Å². The van der Waals surface area contributed by atoms with Crippen molar-refractivity contribution < 1.29 is 27.1 Å². The average Bonchev–Trinajstić information content (AvgIpc) is 2.83. The van der Waals surface area contributed by atoms with E-state index >= 15 is 0 Å². The normalized spacial score (nSPS) is 32.1. The molecule has 190 valence electrons. The fourth-order valence-corrected chi connectivity index (χ4v) is 7.11. The van der Waals surface area contributed by atoms with Gasteiger partial charge in [-0.1, -0.05) is 51.9 Å². The largest absolute Gasteiger partial charge is 0.423 e. The summed E-state index contributed by atoms with van der Waals surface area (Å²) in [7, 11) is 0. The topological polar surface area (TPSA) is 26.3 Å². The summed E-state index contributed by atoms with van der Waals surface area (Å²) >= 11 is 0. The lowest BCUT2D eigenvalue weighted by Crippen LogP contribution is -2.40. The van der Waals surface area contributed by atoms with Crippen LogP contribution in [-0.2, 0) is 11.0 Å². The van der Waals surface area contributed by atoms with Crippen molar-refractivity contribution in [3.05, 3.63) is 29.6 Å². The van der Waals surface area contributed by atoms with E-state index in [9.17, 15) is 22.4 Å². The van der Waals surface area contributed by atoms with Gasteiger partial charge in [-0.15, -0.1) is 0 Å². The van der Waals surface area contributed by atoms with Crippen LogP contribution < -0.4 is 4.74 Å². The van der Waals surface area contributed by atoms with E-state index < -0.39 is 29.3 Å². The van der Waals surface area contributed by atoms with E-state index in [0.29, 0.717) is 12.0 Å². The second-order valence-corrected chi connectivity index (χ2v) is 11.0. The van der Waals surface area contributed by atoms with Gasteiger partial charge in [-0.25, -0.2) is 4.39 Å². The minimum absolute atomic E-state index is 0.246. The van der Waals surface area contributed by atoms with Crippen molar-refractivity contribution in [2.75, 3.05) is 0 Å². The highest BCUT2D eigenvalue weighted by Gasteiger charge is 2.43. The number of unbranched alkanes of at least 4 members (excludes halogenated alkanes) is 1. The molecule has 3 aliphatic rings. The maximum Gasteiger partial charge on any atom is 0.416 e. The standard InChI is InChI=1S/C28H38F4O2/c1-2-3-5-18-8-10-19(11-9-18)20-12-14-23-21(16-20)6-4-7-24(23)27(33)34-26-15-13-22(17-25(26)29)28(30,31)32/h13,15,17-21,23-24H,2-12,14,16H2,1H3. The van der Waals surface area contributed by atoms with Gasteiger partial charge in [0.1, 0.15) is 0 Å². The van der Waals surface area contributed by atoms with Crippen LogP contribution in [0.1, 0.15) is 96.0 Å². The highest BCUT2D eigenvalue weighted by atomic mass is 19.4. The highest BCUT2D eigenvalue weighted by Crippen LogP contribution is 2.50. The SMILES string of the molecule is CCCCC1CCC(C2CCC3C(CCCC3C(=O)Oc3ccc(C(F)(F)F)cc3F)C2)CC1. The van der Waals surface area contributed by atoms with Crippen LogP contribution in [0.15, 0.2) is 18.2 Å². The van der Waals surface area contributed by atoms with Crippen LogP contribution in [0.4, 0.5) is 17.6 Å². The quantitative estimate of drug-likeness (QED) is 0.231. The highest BCUT2D eigenvalue weighted by molar-refractivity contribution is 5.75. The van der Waals surface area contributed by atoms with Crippen molar-refractivity contribution in [3.63, 3.8) is 0 Å². The monoisotopic (exact) mass is 482 g/mol. The fraction of sp³-hybridized carbons (Fsp3) is 0.750. The number of benzene rings is 1. The van der Waals surface area contributed by atoms with E-state index in [-0.39, 0.29) is 11.8 Å². The molecule has 3 fully saturated rings. The molecule has 0 N–H and O–H groups in total. The molecule has 0 aromatic heterocycles. The molecule has 4 rings (SSSR count). The van der Waals surface area contributed by atoms with Gasteiger partial charge in [0, 0.05) is 0 Å². The van der Waals surface area contributed by atoms with Crippen LogP contribution in [0.3, 0.4) is 0 Å². The zero-order valence-electron chi connectivity index (χ0n) is 20.2. The Balaban J connectivity index is 1.33. The van der Waals surface area contributed by atoms with E-state index in [1.165, 1.54) is 51.4 Å². The summed E-state index contributed by atoms with van der Waals surface area (Å²) in [5.74, 6) is 0.892. The van der Waals surface area contributed by atoms with Crippen LogP contribution in [0.2, 0.25) is 0 Å². The maximum absolute atomic E-state index is 14.2. The molecule has 3 saturated carbocycles. The van der Waals surface area contributed by atoms with Crippen molar-refractivity contribution in [1.82, 2.24) is 0 Å². The van der Waals surface area contributed by atoms with Crippen molar-refractivity contribution in [3.8, 4) is 5.75 Å². The molecule has 4 unspecified atom stereocenters. The number of hydrogen-bond donors (Lipinski definition) is 0. The van der Waals surface area contributed by atoms with Gasteiger partial charge in [0.05, 0.1) is 11.5 Å². The molecule has 0 bridgehead atoms. The molecular formula is C28H38F4O2. The van der Waals surface area contributed by atoms with Gasteiger partial charge in [0.2, 0.25) is 0 Å². The van der Waals surface area contributed by atoms with E-state index in [1.807, 2.05) is 0 Å². The molecule has 0 aliphatic heterocycles. The first-order valence-electron chi connectivity index (χ1n) is 13.3. The molecular weight excluding hydrogens is 444 g/mol. The molecule has 0 saturated heterocycles. The minimum atomic E-state index is -4.63. The van der Waals surface area contributed by atoms with Gasteiger partial charge < -0.3 is 4.74 Å². The van der Waals surface area contributed by atoms with Gasteiger partial charge in [0.15, 0.2) is 11.6 Å². The molecule has 0 heterocycles. The molecule has 1 aromatic carbocycles. The summed E-state index contributed by atoms with van der Waals surface area (Å²) in [6, 6.07) is 2.08. The Bertz CT molecular complexity index is 828. The summed E-state index contributed by atoms with van der Waals surface area (Å²) in [4.78, 5) is 13.0. The summed E-state index contributed by atoms with van der Waals surface area (Å²) in [6.45, 7) is 2.26. The Kier molecular flexibility index (Phi) is 8.24. The zero-order valence-corrected chi connectivity index (χ0v) is 20.2. The maximum atomic E-state index is 14.2. The molecule has 2 nitrogen and oxygen atoms in total. The Labute approximate surface area is 200 Å². The number of ether oxygens (including phenoxy) is 1. The Morgan fingerprint density at radius 2 is 1.71 bits per heavy atom.